The first kappa shape index (κ1) is 12.3. The fourth-order valence-corrected chi connectivity index (χ4v) is 2.75. The van der Waals surface area contributed by atoms with E-state index < -0.39 is 0 Å². The van der Waals surface area contributed by atoms with E-state index in [1.54, 1.807) is 0 Å². The topological polar surface area (TPSA) is 29.0 Å². The molecule has 0 atom stereocenters. The molecule has 1 aromatic heterocycles. The molecule has 3 nitrogen and oxygen atoms in total. The van der Waals surface area contributed by atoms with Crippen molar-refractivity contribution in [2.45, 2.75) is 39.7 Å². The van der Waals surface area contributed by atoms with Gasteiger partial charge < -0.3 is 0 Å². The van der Waals surface area contributed by atoms with Gasteiger partial charge in [0.05, 0.1) is 0 Å². The van der Waals surface area contributed by atoms with Gasteiger partial charge in [-0.25, -0.2) is 0 Å². The summed E-state index contributed by atoms with van der Waals surface area (Å²) in [6.07, 6.45) is 3.83. The largest absolute Gasteiger partial charge is 0.297 e. The molecule has 2 rings (SSSR count). The van der Waals surface area contributed by atoms with Crippen LogP contribution in [0.2, 0.25) is 4.34 Å². The average molecular weight is 260 g/mol. The van der Waals surface area contributed by atoms with E-state index in [2.05, 4.69) is 28.3 Å². The molecule has 0 aliphatic carbocycles. The van der Waals surface area contributed by atoms with Crippen molar-refractivity contribution in [3.8, 4) is 0 Å². The molecule has 1 fully saturated rings. The van der Waals surface area contributed by atoms with E-state index in [9.17, 15) is 0 Å². The third-order valence-corrected chi connectivity index (χ3v) is 4.30. The minimum Gasteiger partial charge on any atom is -0.297 e. The quantitative estimate of drug-likeness (QED) is 0.817. The van der Waals surface area contributed by atoms with Crippen molar-refractivity contribution in [3.05, 3.63) is 10.0 Å². The van der Waals surface area contributed by atoms with E-state index in [-0.39, 0.29) is 0 Å². The van der Waals surface area contributed by atoms with Gasteiger partial charge in [-0.3, -0.25) is 4.90 Å². The third kappa shape index (κ3) is 3.15. The Bertz CT molecular complexity index is 351. The smallest absolute Gasteiger partial charge is 0.138 e. The standard InChI is InChI=1S/C11H18ClN3S/c1-11(2)4-3-6-15(7-5-11)8-9-10(12)16-14-13-9/h3-8H2,1-2H3. The summed E-state index contributed by atoms with van der Waals surface area (Å²) in [6, 6.07) is 0. The van der Waals surface area contributed by atoms with E-state index in [0.717, 1.165) is 29.7 Å². The molecule has 0 bridgehead atoms. The first-order valence-corrected chi connectivity index (χ1v) is 6.91. The fraction of sp³-hybridized carbons (Fsp3) is 0.818. The molecule has 0 amide bonds. The number of halogens is 1. The van der Waals surface area contributed by atoms with Crippen LogP contribution in [-0.2, 0) is 6.54 Å². The maximum absolute atomic E-state index is 6.02. The van der Waals surface area contributed by atoms with Crippen molar-refractivity contribution < 1.29 is 0 Å². The van der Waals surface area contributed by atoms with Crippen LogP contribution < -0.4 is 0 Å². The van der Waals surface area contributed by atoms with E-state index in [0.29, 0.717) is 5.41 Å². The second-order valence-corrected chi connectivity index (χ2v) is 6.64. The molecule has 0 N–H and O–H groups in total. The Morgan fingerprint density at radius 2 is 2.19 bits per heavy atom. The zero-order chi connectivity index (χ0) is 11.6. The highest BCUT2D eigenvalue weighted by Crippen LogP contribution is 2.30. The molecule has 90 valence electrons. The highest BCUT2D eigenvalue weighted by molar-refractivity contribution is 7.10. The molecule has 0 saturated carbocycles. The second-order valence-electron chi connectivity index (χ2n) is 5.29. The first-order valence-electron chi connectivity index (χ1n) is 5.76. The summed E-state index contributed by atoms with van der Waals surface area (Å²) in [4.78, 5) is 2.44. The fourth-order valence-electron chi connectivity index (χ4n) is 2.14. The molecule has 0 unspecified atom stereocenters. The lowest BCUT2D eigenvalue weighted by Gasteiger charge is -2.22. The van der Waals surface area contributed by atoms with Gasteiger partial charge in [0.2, 0.25) is 0 Å². The van der Waals surface area contributed by atoms with E-state index >= 15 is 0 Å². The zero-order valence-corrected chi connectivity index (χ0v) is 11.4. The third-order valence-electron chi connectivity index (χ3n) is 3.32. The van der Waals surface area contributed by atoms with Crippen LogP contribution in [0.3, 0.4) is 0 Å². The van der Waals surface area contributed by atoms with Crippen LogP contribution in [0.4, 0.5) is 0 Å². The number of likely N-dealkylation sites (tertiary alicyclic amines) is 1. The summed E-state index contributed by atoms with van der Waals surface area (Å²) in [5.41, 5.74) is 1.42. The van der Waals surface area contributed by atoms with Crippen LogP contribution in [0, 0.1) is 5.41 Å². The van der Waals surface area contributed by atoms with Gasteiger partial charge in [-0.15, -0.1) is 5.10 Å². The second kappa shape index (κ2) is 4.98. The molecule has 2 heterocycles. The molecule has 16 heavy (non-hydrogen) atoms. The van der Waals surface area contributed by atoms with E-state index in [1.807, 2.05) is 0 Å². The molecule has 5 heteroatoms. The Hall–Kier alpha value is -0.190. The minimum atomic E-state index is 0.485. The Balaban J connectivity index is 1.94. The van der Waals surface area contributed by atoms with Crippen molar-refractivity contribution >= 4 is 23.1 Å². The van der Waals surface area contributed by atoms with Crippen molar-refractivity contribution in [2.24, 2.45) is 5.41 Å². The van der Waals surface area contributed by atoms with Gasteiger partial charge in [-0.1, -0.05) is 29.9 Å². The van der Waals surface area contributed by atoms with Crippen molar-refractivity contribution in [2.75, 3.05) is 13.1 Å². The zero-order valence-electron chi connectivity index (χ0n) is 9.87. The van der Waals surface area contributed by atoms with Crippen LogP contribution in [0.5, 0.6) is 0 Å². The minimum absolute atomic E-state index is 0.485. The van der Waals surface area contributed by atoms with Crippen LogP contribution in [-0.4, -0.2) is 27.6 Å². The van der Waals surface area contributed by atoms with Crippen molar-refractivity contribution in [1.29, 1.82) is 0 Å². The highest BCUT2D eigenvalue weighted by Gasteiger charge is 2.23. The van der Waals surface area contributed by atoms with Crippen molar-refractivity contribution in [3.63, 3.8) is 0 Å². The summed E-state index contributed by atoms with van der Waals surface area (Å²) in [6.45, 7) is 7.85. The van der Waals surface area contributed by atoms with Gasteiger partial charge in [0.25, 0.3) is 0 Å². The number of hydrogen-bond acceptors (Lipinski definition) is 4. The van der Waals surface area contributed by atoms with E-state index in [1.165, 1.54) is 30.8 Å². The van der Waals surface area contributed by atoms with Crippen LogP contribution >= 0.6 is 23.1 Å². The molecule has 1 aliphatic rings. The predicted octanol–water partition coefficient (Wildman–Crippen LogP) is 3.20. The lowest BCUT2D eigenvalue weighted by atomic mass is 9.85. The Morgan fingerprint density at radius 1 is 1.38 bits per heavy atom. The number of rotatable bonds is 2. The van der Waals surface area contributed by atoms with Crippen LogP contribution in [0.1, 0.15) is 38.8 Å². The summed E-state index contributed by atoms with van der Waals surface area (Å²) >= 11 is 7.30. The Morgan fingerprint density at radius 3 is 2.88 bits per heavy atom. The lowest BCUT2D eigenvalue weighted by Crippen LogP contribution is -2.25. The molecule has 1 aliphatic heterocycles. The highest BCUT2D eigenvalue weighted by atomic mass is 35.5. The molecule has 0 radical (unpaired) electrons. The molecule has 0 aromatic carbocycles. The van der Waals surface area contributed by atoms with Crippen LogP contribution in [0.25, 0.3) is 0 Å². The van der Waals surface area contributed by atoms with Gasteiger partial charge in [0.1, 0.15) is 10.0 Å². The monoisotopic (exact) mass is 259 g/mol. The van der Waals surface area contributed by atoms with E-state index in [4.69, 9.17) is 11.6 Å². The number of aromatic nitrogens is 2. The number of hydrogen-bond donors (Lipinski definition) is 0. The van der Waals surface area contributed by atoms with Gasteiger partial charge in [-0.05, 0) is 37.8 Å². The Kier molecular flexibility index (Phi) is 3.82. The SMILES string of the molecule is CC1(C)CCCN(Cc2nnsc2Cl)CC1. The maximum atomic E-state index is 6.02. The molecular formula is C11H18ClN3S. The van der Waals surface area contributed by atoms with Crippen molar-refractivity contribution in [1.82, 2.24) is 14.5 Å². The van der Waals surface area contributed by atoms with Gasteiger partial charge in [0.15, 0.2) is 0 Å². The van der Waals surface area contributed by atoms with Gasteiger partial charge in [0, 0.05) is 18.1 Å². The summed E-state index contributed by atoms with van der Waals surface area (Å²) in [5.74, 6) is 0. The molecular weight excluding hydrogens is 242 g/mol. The molecule has 0 spiro atoms. The lowest BCUT2D eigenvalue weighted by molar-refractivity contribution is 0.253. The molecule has 1 saturated heterocycles. The summed E-state index contributed by atoms with van der Waals surface area (Å²) in [5, 5.41) is 4.07. The predicted molar refractivity (Wildman–Crippen MR) is 67.8 cm³/mol. The summed E-state index contributed by atoms with van der Waals surface area (Å²) in [7, 11) is 0. The number of nitrogens with zero attached hydrogens (tertiary/aromatic N) is 3. The Labute approximate surface area is 106 Å². The summed E-state index contributed by atoms with van der Waals surface area (Å²) < 4.78 is 4.61. The maximum Gasteiger partial charge on any atom is 0.138 e. The normalized spacial score (nSPS) is 21.9. The average Bonchev–Trinajstić information content (AvgIpc) is 2.52. The van der Waals surface area contributed by atoms with Gasteiger partial charge >= 0.3 is 0 Å². The van der Waals surface area contributed by atoms with Gasteiger partial charge in [-0.2, -0.15) is 0 Å². The molecule has 1 aromatic rings. The first-order chi connectivity index (χ1) is 7.57. The van der Waals surface area contributed by atoms with Crippen LogP contribution in [0.15, 0.2) is 0 Å².